The number of amides is 1. The molecule has 2 aromatic heterocycles. The Hall–Kier alpha value is -3.67. The molecular weight excluding hydrogens is 376 g/mol. The maximum atomic E-state index is 12.7. The van der Waals surface area contributed by atoms with Crippen molar-refractivity contribution < 1.29 is 9.53 Å². The van der Waals surface area contributed by atoms with Gasteiger partial charge in [0, 0.05) is 18.9 Å². The van der Waals surface area contributed by atoms with E-state index in [0.29, 0.717) is 6.54 Å². The lowest BCUT2D eigenvalue weighted by molar-refractivity contribution is 0.0910. The molecular formula is C24H22N4O2. The topological polar surface area (TPSA) is 71.1 Å². The largest absolute Gasteiger partial charge is 0.445 e. The molecule has 1 aliphatic heterocycles. The van der Waals surface area contributed by atoms with Crippen LogP contribution in [-0.4, -0.2) is 32.5 Å². The van der Waals surface area contributed by atoms with Gasteiger partial charge in [-0.05, 0) is 53.8 Å². The van der Waals surface area contributed by atoms with Crippen molar-refractivity contribution in [3.63, 3.8) is 0 Å². The lowest BCUT2D eigenvalue weighted by Gasteiger charge is -2.22. The van der Waals surface area contributed by atoms with Gasteiger partial charge in [-0.1, -0.05) is 36.4 Å². The van der Waals surface area contributed by atoms with Gasteiger partial charge in [-0.2, -0.15) is 0 Å². The Morgan fingerprint density at radius 3 is 2.73 bits per heavy atom. The summed E-state index contributed by atoms with van der Waals surface area (Å²) in [5.74, 6) is 0.811. The monoisotopic (exact) mass is 398 g/mol. The van der Waals surface area contributed by atoms with Gasteiger partial charge < -0.3 is 9.72 Å². The minimum absolute atomic E-state index is 0.0925. The number of carbonyl (C=O) groups excluding carboxylic acids is 1. The average Bonchev–Trinajstić information content (AvgIpc) is 3.45. The molecule has 6 nitrogen and oxygen atoms in total. The number of imidazole rings is 1. The number of nitrogens with zero attached hydrogens (tertiary/aromatic N) is 3. The summed E-state index contributed by atoms with van der Waals surface area (Å²) in [6, 6.07) is 19.8. The van der Waals surface area contributed by atoms with Gasteiger partial charge in [0.15, 0.2) is 0 Å². The first-order chi connectivity index (χ1) is 14.8. The second-order valence-electron chi connectivity index (χ2n) is 7.48. The third kappa shape index (κ3) is 3.64. The summed E-state index contributed by atoms with van der Waals surface area (Å²) in [5.41, 5.74) is 5.05. The van der Waals surface area contributed by atoms with Gasteiger partial charge in [-0.15, -0.1) is 0 Å². The fourth-order valence-corrected chi connectivity index (χ4v) is 3.98. The predicted octanol–water partition coefficient (Wildman–Crippen LogP) is 5.10. The number of aromatic amines is 1. The second-order valence-corrected chi connectivity index (χ2v) is 7.48. The first-order valence-electron chi connectivity index (χ1n) is 10.2. The first kappa shape index (κ1) is 18.4. The average molecular weight is 398 g/mol. The molecule has 0 radical (unpaired) electrons. The number of nitrogens with one attached hydrogen (secondary N) is 1. The Labute approximate surface area is 174 Å². The van der Waals surface area contributed by atoms with E-state index in [9.17, 15) is 4.79 Å². The molecule has 1 N–H and O–H groups in total. The van der Waals surface area contributed by atoms with E-state index in [4.69, 9.17) is 9.72 Å². The minimum atomic E-state index is -0.292. The third-order valence-corrected chi connectivity index (χ3v) is 5.52. The van der Waals surface area contributed by atoms with Crippen molar-refractivity contribution in [1.82, 2.24) is 19.9 Å². The van der Waals surface area contributed by atoms with Crippen LogP contribution in [0.1, 0.15) is 30.3 Å². The molecule has 4 aromatic rings. The standard InChI is InChI=1S/C24H22N4O2/c29-24(30-16-17-5-2-1-3-6-17)28-14-4-7-22(28)23-26-20-9-8-19(15-21(20)27-23)18-10-12-25-13-11-18/h1-3,5-6,8-13,15,22H,4,7,14,16H2,(H,26,27). The van der Waals surface area contributed by atoms with E-state index >= 15 is 0 Å². The second kappa shape index (κ2) is 7.99. The van der Waals surface area contributed by atoms with E-state index in [-0.39, 0.29) is 18.7 Å². The highest BCUT2D eigenvalue weighted by Crippen LogP contribution is 2.33. The fourth-order valence-electron chi connectivity index (χ4n) is 3.98. The van der Waals surface area contributed by atoms with Gasteiger partial charge in [0.25, 0.3) is 0 Å². The summed E-state index contributed by atoms with van der Waals surface area (Å²) >= 11 is 0. The SMILES string of the molecule is O=C(OCc1ccccc1)N1CCCC1c1nc2ccc(-c3ccncc3)cc2[nH]1. The maximum absolute atomic E-state index is 12.7. The van der Waals surface area contributed by atoms with Crippen LogP contribution >= 0.6 is 0 Å². The number of fused-ring (bicyclic) bond motifs is 1. The molecule has 1 unspecified atom stereocenters. The number of benzene rings is 2. The van der Waals surface area contributed by atoms with Crippen molar-refractivity contribution in [3.8, 4) is 11.1 Å². The lowest BCUT2D eigenvalue weighted by Crippen LogP contribution is -2.31. The van der Waals surface area contributed by atoms with Crippen LogP contribution in [-0.2, 0) is 11.3 Å². The summed E-state index contributed by atoms with van der Waals surface area (Å²) < 4.78 is 5.55. The van der Waals surface area contributed by atoms with Crippen molar-refractivity contribution >= 4 is 17.1 Å². The van der Waals surface area contributed by atoms with E-state index in [1.54, 1.807) is 17.3 Å². The molecule has 30 heavy (non-hydrogen) atoms. The van der Waals surface area contributed by atoms with Crippen molar-refractivity contribution in [3.05, 3.63) is 84.4 Å². The molecule has 2 aromatic carbocycles. The summed E-state index contributed by atoms with van der Waals surface area (Å²) in [6.07, 6.45) is 5.09. The van der Waals surface area contributed by atoms with Crippen LogP contribution in [0.15, 0.2) is 73.1 Å². The Morgan fingerprint density at radius 2 is 1.90 bits per heavy atom. The number of hydrogen-bond donors (Lipinski definition) is 1. The molecule has 0 aliphatic carbocycles. The summed E-state index contributed by atoms with van der Waals surface area (Å²) in [4.78, 5) is 26.8. The number of hydrogen-bond acceptors (Lipinski definition) is 4. The van der Waals surface area contributed by atoms with Crippen molar-refractivity contribution in [2.24, 2.45) is 0 Å². The molecule has 6 heteroatoms. The van der Waals surface area contributed by atoms with Crippen LogP contribution in [0.4, 0.5) is 4.79 Å². The molecule has 150 valence electrons. The Morgan fingerprint density at radius 1 is 1.07 bits per heavy atom. The first-order valence-corrected chi connectivity index (χ1v) is 10.2. The molecule has 1 amide bonds. The predicted molar refractivity (Wildman–Crippen MR) is 115 cm³/mol. The third-order valence-electron chi connectivity index (χ3n) is 5.52. The Balaban J connectivity index is 1.35. The van der Waals surface area contributed by atoms with E-state index in [1.807, 2.05) is 48.5 Å². The van der Waals surface area contributed by atoms with Gasteiger partial charge in [0.2, 0.25) is 0 Å². The van der Waals surface area contributed by atoms with Crippen LogP contribution in [0.5, 0.6) is 0 Å². The van der Waals surface area contributed by atoms with Crippen LogP contribution in [0.2, 0.25) is 0 Å². The highest BCUT2D eigenvalue weighted by molar-refractivity contribution is 5.82. The van der Waals surface area contributed by atoms with Gasteiger partial charge in [0.1, 0.15) is 12.4 Å². The molecule has 0 saturated carbocycles. The highest BCUT2D eigenvalue weighted by Gasteiger charge is 2.33. The van der Waals surface area contributed by atoms with Crippen molar-refractivity contribution in [1.29, 1.82) is 0 Å². The van der Waals surface area contributed by atoms with Crippen molar-refractivity contribution in [2.45, 2.75) is 25.5 Å². The van der Waals surface area contributed by atoms with Crippen molar-refractivity contribution in [2.75, 3.05) is 6.54 Å². The van der Waals surface area contributed by atoms with E-state index in [1.165, 1.54) is 0 Å². The molecule has 5 rings (SSSR count). The van der Waals surface area contributed by atoms with E-state index < -0.39 is 0 Å². The smallest absolute Gasteiger partial charge is 0.410 e. The number of pyridine rings is 1. The Bertz CT molecular complexity index is 1160. The normalized spacial score (nSPS) is 16.1. The number of ether oxygens (including phenoxy) is 1. The van der Waals surface area contributed by atoms with Gasteiger partial charge in [0.05, 0.1) is 17.1 Å². The van der Waals surface area contributed by atoms with E-state index in [2.05, 4.69) is 22.1 Å². The lowest BCUT2D eigenvalue weighted by atomic mass is 10.1. The highest BCUT2D eigenvalue weighted by atomic mass is 16.6. The van der Waals surface area contributed by atoms with E-state index in [0.717, 1.165) is 46.4 Å². The molecule has 1 fully saturated rings. The molecule has 0 spiro atoms. The molecule has 0 bridgehead atoms. The molecule has 1 aliphatic rings. The zero-order valence-corrected chi connectivity index (χ0v) is 16.5. The number of aromatic nitrogens is 3. The van der Waals surface area contributed by atoms with Gasteiger partial charge >= 0.3 is 6.09 Å². The number of likely N-dealkylation sites (tertiary alicyclic amines) is 1. The molecule has 3 heterocycles. The number of rotatable bonds is 4. The van der Waals surface area contributed by atoms with Crippen LogP contribution in [0.25, 0.3) is 22.2 Å². The summed E-state index contributed by atoms with van der Waals surface area (Å²) in [6.45, 7) is 0.954. The minimum Gasteiger partial charge on any atom is -0.445 e. The molecule has 1 saturated heterocycles. The van der Waals surface area contributed by atoms with Crippen LogP contribution in [0.3, 0.4) is 0 Å². The summed E-state index contributed by atoms with van der Waals surface area (Å²) in [5, 5.41) is 0. The zero-order valence-electron chi connectivity index (χ0n) is 16.5. The fraction of sp³-hybridized carbons (Fsp3) is 0.208. The summed E-state index contributed by atoms with van der Waals surface area (Å²) in [7, 11) is 0. The number of carbonyl (C=O) groups is 1. The van der Waals surface area contributed by atoms with Gasteiger partial charge in [-0.3, -0.25) is 9.88 Å². The number of H-pyrrole nitrogens is 1. The maximum Gasteiger partial charge on any atom is 0.410 e. The zero-order chi connectivity index (χ0) is 20.3. The molecule has 1 atom stereocenters. The Kier molecular flexibility index (Phi) is 4.89. The van der Waals surface area contributed by atoms with Crippen LogP contribution < -0.4 is 0 Å². The quantitative estimate of drug-likeness (QED) is 0.519. The van der Waals surface area contributed by atoms with Gasteiger partial charge in [-0.25, -0.2) is 9.78 Å². The van der Waals surface area contributed by atoms with Crippen LogP contribution in [0, 0.1) is 0 Å².